The smallest absolute Gasteiger partial charge is 0.186 e. The second-order valence-electron chi connectivity index (χ2n) is 4.15. The van der Waals surface area contributed by atoms with Gasteiger partial charge in [0.25, 0.3) is 0 Å². The third-order valence-corrected chi connectivity index (χ3v) is 2.76. The molecular weight excluding hydrogens is 166 g/mol. The van der Waals surface area contributed by atoms with Gasteiger partial charge in [0.15, 0.2) is 5.96 Å². The number of guanidine groups is 1. The minimum atomic E-state index is -0.656. The van der Waals surface area contributed by atoms with Crippen LogP contribution in [0, 0.1) is 5.92 Å². The average Bonchev–Trinajstić information content (AvgIpc) is 2.08. The molecule has 76 valence electrons. The summed E-state index contributed by atoms with van der Waals surface area (Å²) in [5.41, 5.74) is 9.77. The third-order valence-electron chi connectivity index (χ3n) is 2.76. The van der Waals surface area contributed by atoms with Crippen LogP contribution in [0.1, 0.15) is 32.6 Å². The maximum Gasteiger partial charge on any atom is 0.186 e. The zero-order chi connectivity index (χ0) is 9.90. The minimum absolute atomic E-state index is 0.0621. The Morgan fingerprint density at radius 3 is 2.46 bits per heavy atom. The molecule has 0 aliphatic heterocycles. The van der Waals surface area contributed by atoms with Gasteiger partial charge in [-0.1, -0.05) is 6.92 Å². The van der Waals surface area contributed by atoms with E-state index in [2.05, 4.69) is 11.9 Å². The lowest BCUT2D eigenvalue weighted by molar-refractivity contribution is 0.00171. The first kappa shape index (κ1) is 10.3. The van der Waals surface area contributed by atoms with Gasteiger partial charge in [-0.3, -0.25) is 4.99 Å². The number of hydrogen-bond donors (Lipinski definition) is 3. The summed E-state index contributed by atoms with van der Waals surface area (Å²) in [6.45, 7) is 2.56. The van der Waals surface area contributed by atoms with Crippen molar-refractivity contribution >= 4 is 5.96 Å². The van der Waals surface area contributed by atoms with Crippen LogP contribution in [0.15, 0.2) is 4.99 Å². The van der Waals surface area contributed by atoms with Crippen molar-refractivity contribution in [3.05, 3.63) is 0 Å². The fourth-order valence-electron chi connectivity index (χ4n) is 1.70. The van der Waals surface area contributed by atoms with Crippen LogP contribution >= 0.6 is 0 Å². The molecular formula is C9H19N3O. The van der Waals surface area contributed by atoms with E-state index in [4.69, 9.17) is 11.5 Å². The summed E-state index contributed by atoms with van der Waals surface area (Å²) >= 11 is 0. The van der Waals surface area contributed by atoms with Crippen molar-refractivity contribution in [3.63, 3.8) is 0 Å². The van der Waals surface area contributed by atoms with Crippen molar-refractivity contribution < 1.29 is 5.11 Å². The Bertz CT molecular complexity index is 191. The highest BCUT2D eigenvalue weighted by atomic mass is 16.3. The Hall–Kier alpha value is -0.770. The second-order valence-corrected chi connectivity index (χ2v) is 4.15. The highest BCUT2D eigenvalue weighted by Crippen LogP contribution is 2.31. The van der Waals surface area contributed by atoms with Gasteiger partial charge in [0.05, 0.1) is 12.1 Å². The molecule has 1 aliphatic carbocycles. The molecule has 0 amide bonds. The minimum Gasteiger partial charge on any atom is -0.388 e. The average molecular weight is 185 g/mol. The molecule has 1 fully saturated rings. The van der Waals surface area contributed by atoms with Crippen LogP contribution in [0.2, 0.25) is 0 Å². The summed E-state index contributed by atoms with van der Waals surface area (Å²) in [4.78, 5) is 3.87. The van der Waals surface area contributed by atoms with Crippen molar-refractivity contribution in [2.45, 2.75) is 38.2 Å². The molecule has 1 aliphatic rings. The van der Waals surface area contributed by atoms with E-state index < -0.39 is 5.60 Å². The Labute approximate surface area is 79.0 Å². The number of rotatable bonds is 2. The third kappa shape index (κ3) is 3.22. The zero-order valence-corrected chi connectivity index (χ0v) is 8.16. The molecule has 0 heterocycles. The van der Waals surface area contributed by atoms with E-state index in [1.807, 2.05) is 0 Å². The number of hydrogen-bond acceptors (Lipinski definition) is 2. The molecule has 0 unspecified atom stereocenters. The number of aliphatic hydroxyl groups is 1. The molecule has 0 aromatic carbocycles. The summed E-state index contributed by atoms with van der Waals surface area (Å²) in [5.74, 6) is 0.784. The van der Waals surface area contributed by atoms with E-state index in [9.17, 15) is 5.11 Å². The van der Waals surface area contributed by atoms with Gasteiger partial charge in [-0.05, 0) is 31.6 Å². The van der Waals surface area contributed by atoms with Crippen LogP contribution < -0.4 is 11.5 Å². The molecule has 0 bridgehead atoms. The van der Waals surface area contributed by atoms with Crippen molar-refractivity contribution in [1.82, 2.24) is 0 Å². The number of aliphatic imine (C=N–C) groups is 1. The lowest BCUT2D eigenvalue weighted by atomic mass is 9.80. The van der Waals surface area contributed by atoms with Gasteiger partial charge < -0.3 is 16.6 Å². The molecule has 0 atom stereocenters. The first-order valence-electron chi connectivity index (χ1n) is 4.80. The van der Waals surface area contributed by atoms with Crippen LogP contribution in [-0.2, 0) is 0 Å². The number of nitrogens with zero attached hydrogens (tertiary/aromatic N) is 1. The molecule has 0 aromatic rings. The Balaban J connectivity index is 2.43. The molecule has 5 N–H and O–H groups in total. The molecule has 0 aromatic heterocycles. The van der Waals surface area contributed by atoms with Crippen LogP contribution in [0.3, 0.4) is 0 Å². The largest absolute Gasteiger partial charge is 0.388 e. The molecule has 1 saturated carbocycles. The summed E-state index contributed by atoms with van der Waals surface area (Å²) in [6, 6.07) is 0. The van der Waals surface area contributed by atoms with Gasteiger partial charge in [0.1, 0.15) is 0 Å². The van der Waals surface area contributed by atoms with E-state index in [0.717, 1.165) is 31.6 Å². The Morgan fingerprint density at radius 2 is 2.00 bits per heavy atom. The maximum absolute atomic E-state index is 10.0. The van der Waals surface area contributed by atoms with Crippen LogP contribution in [-0.4, -0.2) is 23.2 Å². The lowest BCUT2D eigenvalue weighted by Crippen LogP contribution is -2.38. The second kappa shape index (κ2) is 3.96. The Kier molecular flexibility index (Phi) is 3.14. The van der Waals surface area contributed by atoms with Gasteiger partial charge in [-0.2, -0.15) is 0 Å². The molecule has 0 saturated heterocycles. The van der Waals surface area contributed by atoms with Crippen LogP contribution in [0.25, 0.3) is 0 Å². The van der Waals surface area contributed by atoms with Crippen molar-refractivity contribution in [1.29, 1.82) is 0 Å². The molecule has 0 spiro atoms. The van der Waals surface area contributed by atoms with Crippen LogP contribution in [0.5, 0.6) is 0 Å². The van der Waals surface area contributed by atoms with E-state index in [1.54, 1.807) is 0 Å². The highest BCUT2D eigenvalue weighted by molar-refractivity contribution is 5.75. The van der Waals surface area contributed by atoms with E-state index in [-0.39, 0.29) is 5.96 Å². The van der Waals surface area contributed by atoms with Gasteiger partial charge >= 0.3 is 0 Å². The fraction of sp³-hybridized carbons (Fsp3) is 0.889. The molecule has 1 rings (SSSR count). The normalized spacial score (nSPS) is 34.2. The predicted octanol–water partition coefficient (Wildman–Crippen LogP) is 0.201. The quantitative estimate of drug-likeness (QED) is 0.424. The van der Waals surface area contributed by atoms with Crippen molar-refractivity contribution in [2.75, 3.05) is 6.54 Å². The molecule has 0 radical (unpaired) electrons. The fourth-order valence-corrected chi connectivity index (χ4v) is 1.70. The van der Waals surface area contributed by atoms with E-state index in [0.29, 0.717) is 6.54 Å². The number of nitrogens with two attached hydrogens (primary N) is 2. The van der Waals surface area contributed by atoms with Gasteiger partial charge in [0, 0.05) is 0 Å². The summed E-state index contributed by atoms with van der Waals surface area (Å²) in [7, 11) is 0. The van der Waals surface area contributed by atoms with Crippen LogP contribution in [0.4, 0.5) is 0 Å². The summed E-state index contributed by atoms with van der Waals surface area (Å²) in [6.07, 6.45) is 3.75. The van der Waals surface area contributed by atoms with Crippen molar-refractivity contribution in [2.24, 2.45) is 22.4 Å². The van der Waals surface area contributed by atoms with Gasteiger partial charge in [0.2, 0.25) is 0 Å². The SMILES string of the molecule is CC1CCC(O)(CN=C(N)N)CC1. The van der Waals surface area contributed by atoms with E-state index in [1.165, 1.54) is 0 Å². The topological polar surface area (TPSA) is 84.6 Å². The first-order chi connectivity index (χ1) is 6.02. The van der Waals surface area contributed by atoms with Gasteiger partial charge in [-0.15, -0.1) is 0 Å². The summed E-state index contributed by atoms with van der Waals surface area (Å²) in [5, 5.41) is 10.0. The maximum atomic E-state index is 10.0. The van der Waals surface area contributed by atoms with E-state index >= 15 is 0 Å². The zero-order valence-electron chi connectivity index (χ0n) is 8.16. The van der Waals surface area contributed by atoms with Gasteiger partial charge in [-0.25, -0.2) is 0 Å². The molecule has 4 heteroatoms. The van der Waals surface area contributed by atoms with Crippen molar-refractivity contribution in [3.8, 4) is 0 Å². The molecule has 4 nitrogen and oxygen atoms in total. The predicted molar refractivity (Wildman–Crippen MR) is 53.3 cm³/mol. The highest BCUT2D eigenvalue weighted by Gasteiger charge is 2.31. The standard InChI is InChI=1S/C9H19N3O/c1-7-2-4-9(13,5-3-7)6-12-8(10)11/h7,13H,2-6H2,1H3,(H4,10,11,12). The summed E-state index contributed by atoms with van der Waals surface area (Å²) < 4.78 is 0. The monoisotopic (exact) mass is 185 g/mol. The first-order valence-corrected chi connectivity index (χ1v) is 4.80. The lowest BCUT2D eigenvalue weighted by Gasteiger charge is -2.33. The molecule has 13 heavy (non-hydrogen) atoms. The Morgan fingerprint density at radius 1 is 1.46 bits per heavy atom.